The molecule has 0 heterocycles. The molecule has 28 heavy (non-hydrogen) atoms. The SMILES string of the molecule is Cc1ccc(NC(=O)[C@H](C)OC(=O)C[C@H](NC(N)=O)c2ccc(Cl)cc2)cc1. The number of nitrogens with two attached hydrogens (primary N) is 1. The molecule has 0 aromatic heterocycles. The van der Waals surface area contributed by atoms with E-state index in [1.165, 1.54) is 6.92 Å². The Balaban J connectivity index is 1.96. The molecule has 3 amide bonds. The lowest BCUT2D eigenvalue weighted by atomic mass is 10.0. The van der Waals surface area contributed by atoms with Gasteiger partial charge in [-0.3, -0.25) is 9.59 Å². The minimum atomic E-state index is -1.01. The third-order valence-corrected chi connectivity index (χ3v) is 4.21. The molecule has 4 N–H and O–H groups in total. The van der Waals surface area contributed by atoms with Gasteiger partial charge in [0.2, 0.25) is 0 Å². The summed E-state index contributed by atoms with van der Waals surface area (Å²) < 4.78 is 5.20. The van der Waals surface area contributed by atoms with Gasteiger partial charge in [0.1, 0.15) is 0 Å². The van der Waals surface area contributed by atoms with Crippen LogP contribution in [0.1, 0.15) is 30.5 Å². The number of carbonyl (C=O) groups is 3. The summed E-state index contributed by atoms with van der Waals surface area (Å²) >= 11 is 5.86. The number of anilines is 1. The highest BCUT2D eigenvalue weighted by Crippen LogP contribution is 2.20. The number of primary amides is 1. The molecule has 0 aliphatic carbocycles. The van der Waals surface area contributed by atoms with Crippen molar-refractivity contribution >= 4 is 35.2 Å². The first-order valence-electron chi connectivity index (χ1n) is 8.63. The maximum Gasteiger partial charge on any atom is 0.312 e. The van der Waals surface area contributed by atoms with Crippen molar-refractivity contribution in [3.05, 3.63) is 64.7 Å². The van der Waals surface area contributed by atoms with Crippen LogP contribution in [-0.2, 0) is 14.3 Å². The number of urea groups is 1. The zero-order chi connectivity index (χ0) is 20.7. The van der Waals surface area contributed by atoms with Crippen LogP contribution in [0.3, 0.4) is 0 Å². The van der Waals surface area contributed by atoms with E-state index >= 15 is 0 Å². The average Bonchev–Trinajstić information content (AvgIpc) is 2.63. The summed E-state index contributed by atoms with van der Waals surface area (Å²) in [7, 11) is 0. The van der Waals surface area contributed by atoms with Crippen molar-refractivity contribution < 1.29 is 19.1 Å². The van der Waals surface area contributed by atoms with E-state index in [0.717, 1.165) is 5.56 Å². The maximum absolute atomic E-state index is 12.3. The van der Waals surface area contributed by atoms with Gasteiger partial charge in [-0.25, -0.2) is 4.79 Å². The van der Waals surface area contributed by atoms with Crippen molar-refractivity contribution in [3.8, 4) is 0 Å². The van der Waals surface area contributed by atoms with Crippen molar-refractivity contribution in [2.45, 2.75) is 32.4 Å². The monoisotopic (exact) mass is 403 g/mol. The number of ether oxygens (including phenoxy) is 1. The Kier molecular flexibility index (Phi) is 7.40. The van der Waals surface area contributed by atoms with Crippen molar-refractivity contribution in [2.75, 3.05) is 5.32 Å². The fourth-order valence-corrected chi connectivity index (χ4v) is 2.59. The summed E-state index contributed by atoms with van der Waals surface area (Å²) in [6.45, 7) is 3.41. The van der Waals surface area contributed by atoms with E-state index in [1.807, 2.05) is 19.1 Å². The predicted octanol–water partition coefficient (Wildman–Crippen LogP) is 3.32. The van der Waals surface area contributed by atoms with Gasteiger partial charge in [0.15, 0.2) is 6.10 Å². The Morgan fingerprint density at radius 1 is 1.07 bits per heavy atom. The summed E-state index contributed by atoms with van der Waals surface area (Å²) in [5.41, 5.74) is 7.49. The summed E-state index contributed by atoms with van der Waals surface area (Å²) in [4.78, 5) is 35.7. The zero-order valence-corrected chi connectivity index (χ0v) is 16.3. The Bertz CT molecular complexity index is 838. The highest BCUT2D eigenvalue weighted by Gasteiger charge is 2.23. The molecule has 8 heteroatoms. The molecule has 0 bridgehead atoms. The largest absolute Gasteiger partial charge is 0.452 e. The highest BCUT2D eigenvalue weighted by molar-refractivity contribution is 6.30. The van der Waals surface area contributed by atoms with Crippen LogP contribution < -0.4 is 16.4 Å². The van der Waals surface area contributed by atoms with Crippen molar-refractivity contribution in [3.63, 3.8) is 0 Å². The maximum atomic E-state index is 12.3. The van der Waals surface area contributed by atoms with Gasteiger partial charge in [-0.2, -0.15) is 0 Å². The van der Waals surface area contributed by atoms with E-state index in [9.17, 15) is 14.4 Å². The number of aryl methyl sites for hydroxylation is 1. The van der Waals surface area contributed by atoms with Gasteiger partial charge in [-0.05, 0) is 43.7 Å². The van der Waals surface area contributed by atoms with Crippen LogP contribution in [-0.4, -0.2) is 24.0 Å². The van der Waals surface area contributed by atoms with E-state index in [4.69, 9.17) is 22.1 Å². The second kappa shape index (κ2) is 9.75. The molecule has 148 valence electrons. The highest BCUT2D eigenvalue weighted by atomic mass is 35.5. The van der Waals surface area contributed by atoms with Gasteiger partial charge >= 0.3 is 12.0 Å². The van der Waals surface area contributed by atoms with Gasteiger partial charge in [-0.1, -0.05) is 41.4 Å². The number of nitrogens with one attached hydrogen (secondary N) is 2. The smallest absolute Gasteiger partial charge is 0.312 e. The summed E-state index contributed by atoms with van der Waals surface area (Å²) in [6, 6.07) is 12.4. The van der Waals surface area contributed by atoms with Crippen LogP contribution in [0.15, 0.2) is 48.5 Å². The van der Waals surface area contributed by atoms with Gasteiger partial charge in [-0.15, -0.1) is 0 Å². The molecule has 2 rings (SSSR count). The normalized spacial score (nSPS) is 12.5. The predicted molar refractivity (Wildman–Crippen MR) is 107 cm³/mol. The van der Waals surface area contributed by atoms with Gasteiger partial charge < -0.3 is 21.1 Å². The lowest BCUT2D eigenvalue weighted by molar-refractivity contribution is -0.153. The lowest BCUT2D eigenvalue weighted by Crippen LogP contribution is -2.36. The van der Waals surface area contributed by atoms with Gasteiger partial charge in [0.25, 0.3) is 5.91 Å². The van der Waals surface area contributed by atoms with E-state index in [0.29, 0.717) is 16.3 Å². The molecule has 2 atom stereocenters. The Morgan fingerprint density at radius 3 is 2.25 bits per heavy atom. The first kappa shape index (κ1) is 21.2. The number of carbonyl (C=O) groups excluding carboxylic acids is 3. The number of esters is 1. The van der Waals surface area contributed by atoms with E-state index in [1.54, 1.807) is 36.4 Å². The second-order valence-electron chi connectivity index (χ2n) is 6.30. The second-order valence-corrected chi connectivity index (χ2v) is 6.74. The van der Waals surface area contributed by atoms with Gasteiger partial charge in [0.05, 0.1) is 12.5 Å². The number of amides is 3. The fourth-order valence-electron chi connectivity index (χ4n) is 2.47. The van der Waals surface area contributed by atoms with E-state index in [2.05, 4.69) is 10.6 Å². The molecule has 0 fully saturated rings. The van der Waals surface area contributed by atoms with Crippen molar-refractivity contribution in [2.24, 2.45) is 5.73 Å². The van der Waals surface area contributed by atoms with Crippen LogP contribution in [0.25, 0.3) is 0 Å². The minimum absolute atomic E-state index is 0.188. The molecule has 0 spiro atoms. The van der Waals surface area contributed by atoms with Crippen LogP contribution >= 0.6 is 11.6 Å². The Morgan fingerprint density at radius 2 is 1.68 bits per heavy atom. The lowest BCUT2D eigenvalue weighted by Gasteiger charge is -2.19. The minimum Gasteiger partial charge on any atom is -0.452 e. The number of halogens is 1. The number of hydrogen-bond acceptors (Lipinski definition) is 4. The molecule has 2 aromatic rings. The average molecular weight is 404 g/mol. The molecule has 2 aromatic carbocycles. The molecule has 0 aliphatic rings. The Labute approximate surface area is 168 Å². The number of rotatable bonds is 7. The standard InChI is InChI=1S/C20H22ClN3O4/c1-12-3-9-16(10-4-12)23-19(26)13(2)28-18(25)11-17(24-20(22)27)14-5-7-15(21)8-6-14/h3-10,13,17H,11H2,1-2H3,(H,23,26)(H3,22,24,27)/t13-,17-/m0/s1. The van der Waals surface area contributed by atoms with Gasteiger partial charge in [0, 0.05) is 10.7 Å². The third kappa shape index (κ3) is 6.59. The molecule has 0 saturated carbocycles. The summed E-state index contributed by atoms with van der Waals surface area (Å²) in [5.74, 6) is -1.11. The summed E-state index contributed by atoms with van der Waals surface area (Å²) in [6.07, 6.45) is -1.19. The van der Waals surface area contributed by atoms with Crippen molar-refractivity contribution in [1.82, 2.24) is 5.32 Å². The molecule has 0 aliphatic heterocycles. The van der Waals surface area contributed by atoms with E-state index in [-0.39, 0.29) is 6.42 Å². The molecular formula is C20H22ClN3O4. The first-order valence-corrected chi connectivity index (χ1v) is 9.01. The Hall–Kier alpha value is -3.06. The fraction of sp³-hybridized carbons (Fsp3) is 0.250. The number of benzene rings is 2. The van der Waals surface area contributed by atoms with Crippen molar-refractivity contribution in [1.29, 1.82) is 0 Å². The summed E-state index contributed by atoms with van der Waals surface area (Å²) in [5, 5.41) is 5.68. The topological polar surface area (TPSA) is 111 Å². The van der Waals surface area contributed by atoms with Crippen LogP contribution in [0.5, 0.6) is 0 Å². The molecular weight excluding hydrogens is 382 g/mol. The van der Waals surface area contributed by atoms with Crippen LogP contribution in [0.2, 0.25) is 5.02 Å². The molecule has 0 unspecified atom stereocenters. The van der Waals surface area contributed by atoms with E-state index < -0.39 is 30.1 Å². The zero-order valence-electron chi connectivity index (χ0n) is 15.6. The molecule has 0 saturated heterocycles. The number of hydrogen-bond donors (Lipinski definition) is 3. The quantitative estimate of drug-likeness (QED) is 0.616. The third-order valence-electron chi connectivity index (χ3n) is 3.96. The molecule has 7 nitrogen and oxygen atoms in total. The first-order chi connectivity index (χ1) is 13.2. The van der Waals surface area contributed by atoms with Crippen LogP contribution in [0, 0.1) is 6.92 Å². The van der Waals surface area contributed by atoms with Crippen LogP contribution in [0.4, 0.5) is 10.5 Å². The molecule has 0 radical (unpaired) electrons.